The number of amides is 1. The van der Waals surface area contributed by atoms with Crippen LogP contribution in [0.15, 0.2) is 66.9 Å². The molecule has 2 N–H and O–H groups in total. The van der Waals surface area contributed by atoms with Gasteiger partial charge in [0.2, 0.25) is 0 Å². The van der Waals surface area contributed by atoms with Crippen LogP contribution in [0, 0.1) is 6.92 Å². The molecule has 6 nitrogen and oxygen atoms in total. The van der Waals surface area contributed by atoms with E-state index in [0.717, 1.165) is 11.1 Å². The molecule has 3 aromatic rings. The number of nitrogens with one attached hydrogen (secondary N) is 2. The number of carbonyl (C=O) groups is 2. The molecule has 0 aliphatic rings. The van der Waals surface area contributed by atoms with Gasteiger partial charge in [-0.25, -0.2) is 9.78 Å². The van der Waals surface area contributed by atoms with Crippen molar-refractivity contribution in [3.8, 4) is 0 Å². The summed E-state index contributed by atoms with van der Waals surface area (Å²) in [6.45, 7) is 2.45. The number of hydrogen-bond acceptors (Lipinski definition) is 5. The summed E-state index contributed by atoms with van der Waals surface area (Å²) in [4.78, 5) is 28.4. The highest BCUT2D eigenvalue weighted by Gasteiger charge is 2.12. The number of aromatic nitrogens is 1. The topological polar surface area (TPSA) is 80.3 Å². The Hall–Kier alpha value is -3.67. The molecule has 2 aromatic carbocycles. The number of carbonyl (C=O) groups excluding carboxylic acids is 2. The highest BCUT2D eigenvalue weighted by molar-refractivity contribution is 5.96. The van der Waals surface area contributed by atoms with E-state index in [1.807, 2.05) is 37.3 Å². The maximum atomic E-state index is 12.3. The van der Waals surface area contributed by atoms with Gasteiger partial charge in [-0.2, -0.15) is 0 Å². The van der Waals surface area contributed by atoms with Crippen LogP contribution < -0.4 is 10.6 Å². The Morgan fingerprint density at radius 3 is 2.57 bits per heavy atom. The zero-order valence-corrected chi connectivity index (χ0v) is 15.7. The summed E-state index contributed by atoms with van der Waals surface area (Å²) in [7, 11) is 1.34. The third-order valence-corrected chi connectivity index (χ3v) is 4.14. The number of hydrogen-bond donors (Lipinski definition) is 2. The largest absolute Gasteiger partial charge is 0.465 e. The minimum Gasteiger partial charge on any atom is -0.465 e. The summed E-state index contributed by atoms with van der Waals surface area (Å²) < 4.78 is 4.79. The van der Waals surface area contributed by atoms with Gasteiger partial charge in [-0.15, -0.1) is 0 Å². The van der Waals surface area contributed by atoms with Crippen molar-refractivity contribution in [2.24, 2.45) is 0 Å². The zero-order valence-electron chi connectivity index (χ0n) is 15.7. The summed E-state index contributed by atoms with van der Waals surface area (Å²) >= 11 is 0. The van der Waals surface area contributed by atoms with Gasteiger partial charge in [-0.3, -0.25) is 4.79 Å². The van der Waals surface area contributed by atoms with Gasteiger partial charge in [0.05, 0.1) is 30.2 Å². The van der Waals surface area contributed by atoms with E-state index in [9.17, 15) is 9.59 Å². The minimum atomic E-state index is -0.428. The molecule has 28 heavy (non-hydrogen) atoms. The number of anilines is 2. The van der Waals surface area contributed by atoms with E-state index >= 15 is 0 Å². The molecule has 1 heterocycles. The molecule has 0 bridgehead atoms. The SMILES string of the molecule is COC(=O)c1ccccc1Nc1ccc(C(=O)NCc2cccc(C)c2)nc1. The smallest absolute Gasteiger partial charge is 0.339 e. The predicted octanol–water partition coefficient (Wildman–Crippen LogP) is 3.85. The van der Waals surface area contributed by atoms with Crippen molar-refractivity contribution in [3.63, 3.8) is 0 Å². The molecule has 3 rings (SSSR count). The van der Waals surface area contributed by atoms with E-state index in [1.54, 1.807) is 36.5 Å². The lowest BCUT2D eigenvalue weighted by atomic mass is 10.1. The van der Waals surface area contributed by atoms with Crippen LogP contribution in [0.1, 0.15) is 32.0 Å². The Kier molecular flexibility index (Phi) is 6.01. The molecule has 142 valence electrons. The van der Waals surface area contributed by atoms with Crippen molar-refractivity contribution in [1.82, 2.24) is 10.3 Å². The van der Waals surface area contributed by atoms with Crippen LogP contribution in [0.2, 0.25) is 0 Å². The highest BCUT2D eigenvalue weighted by Crippen LogP contribution is 2.21. The van der Waals surface area contributed by atoms with Gasteiger partial charge < -0.3 is 15.4 Å². The summed E-state index contributed by atoms with van der Waals surface area (Å²) in [6.07, 6.45) is 1.55. The predicted molar refractivity (Wildman–Crippen MR) is 108 cm³/mol. The van der Waals surface area contributed by atoms with Gasteiger partial charge in [0.25, 0.3) is 5.91 Å². The van der Waals surface area contributed by atoms with E-state index < -0.39 is 5.97 Å². The Labute approximate surface area is 163 Å². The van der Waals surface area contributed by atoms with Crippen molar-refractivity contribution in [3.05, 3.63) is 89.2 Å². The molecule has 0 atom stereocenters. The second kappa shape index (κ2) is 8.81. The first-order valence-electron chi connectivity index (χ1n) is 8.81. The highest BCUT2D eigenvalue weighted by atomic mass is 16.5. The van der Waals surface area contributed by atoms with Crippen LogP contribution in [0.25, 0.3) is 0 Å². The summed E-state index contributed by atoms with van der Waals surface area (Å²) in [5.74, 6) is -0.675. The monoisotopic (exact) mass is 375 g/mol. The van der Waals surface area contributed by atoms with Crippen molar-refractivity contribution in [2.75, 3.05) is 12.4 Å². The standard InChI is InChI=1S/C22H21N3O3/c1-15-6-5-7-16(12-15)13-24-21(26)20-11-10-17(14-23-20)25-19-9-4-3-8-18(19)22(27)28-2/h3-12,14,25H,13H2,1-2H3,(H,24,26). The van der Waals surface area contributed by atoms with Gasteiger partial charge in [-0.1, -0.05) is 42.0 Å². The molecule has 0 fully saturated rings. The lowest BCUT2D eigenvalue weighted by molar-refractivity contribution is 0.0601. The summed E-state index contributed by atoms with van der Waals surface area (Å²) in [6, 6.07) is 18.4. The Morgan fingerprint density at radius 1 is 1.04 bits per heavy atom. The average molecular weight is 375 g/mol. The Bertz CT molecular complexity index is 984. The molecule has 0 unspecified atom stereocenters. The lowest BCUT2D eigenvalue weighted by Gasteiger charge is -2.11. The number of esters is 1. The molecule has 0 aliphatic carbocycles. The number of nitrogens with zero attached hydrogens (tertiary/aromatic N) is 1. The fourth-order valence-electron chi connectivity index (χ4n) is 2.73. The minimum absolute atomic E-state index is 0.247. The van der Waals surface area contributed by atoms with Crippen LogP contribution in [-0.4, -0.2) is 24.0 Å². The second-order valence-electron chi connectivity index (χ2n) is 6.27. The van der Waals surface area contributed by atoms with Crippen molar-refractivity contribution in [2.45, 2.75) is 13.5 Å². The average Bonchev–Trinajstić information content (AvgIpc) is 2.72. The molecule has 0 aliphatic heterocycles. The van der Waals surface area contributed by atoms with Crippen molar-refractivity contribution < 1.29 is 14.3 Å². The quantitative estimate of drug-likeness (QED) is 0.640. The number of methoxy groups -OCH3 is 1. The van der Waals surface area contributed by atoms with E-state index in [1.165, 1.54) is 7.11 Å². The normalized spacial score (nSPS) is 10.2. The molecule has 0 saturated carbocycles. The number of benzene rings is 2. The number of rotatable bonds is 6. The molecular weight excluding hydrogens is 354 g/mol. The van der Waals surface area contributed by atoms with Gasteiger partial charge >= 0.3 is 5.97 Å². The Balaban J connectivity index is 1.65. The number of aryl methyl sites for hydroxylation is 1. The van der Waals surface area contributed by atoms with E-state index in [0.29, 0.717) is 29.2 Å². The van der Waals surface area contributed by atoms with Gasteiger partial charge in [0, 0.05) is 6.54 Å². The van der Waals surface area contributed by atoms with E-state index in [4.69, 9.17) is 4.74 Å². The summed E-state index contributed by atoms with van der Waals surface area (Å²) in [5.41, 5.74) is 4.18. The van der Waals surface area contributed by atoms with Crippen LogP contribution in [-0.2, 0) is 11.3 Å². The van der Waals surface area contributed by atoms with Crippen molar-refractivity contribution in [1.29, 1.82) is 0 Å². The molecule has 1 amide bonds. The third-order valence-electron chi connectivity index (χ3n) is 4.14. The molecule has 1 aromatic heterocycles. The number of para-hydroxylation sites is 1. The number of ether oxygens (including phenoxy) is 1. The molecule has 0 saturated heterocycles. The van der Waals surface area contributed by atoms with Crippen LogP contribution in [0.4, 0.5) is 11.4 Å². The Morgan fingerprint density at radius 2 is 1.86 bits per heavy atom. The third kappa shape index (κ3) is 4.73. The summed E-state index contributed by atoms with van der Waals surface area (Å²) in [5, 5.41) is 5.98. The zero-order chi connectivity index (χ0) is 19.9. The fourth-order valence-corrected chi connectivity index (χ4v) is 2.73. The van der Waals surface area contributed by atoms with Gasteiger partial charge in [-0.05, 0) is 36.8 Å². The van der Waals surface area contributed by atoms with E-state index in [2.05, 4.69) is 15.6 Å². The first kappa shape index (κ1) is 19.1. The van der Waals surface area contributed by atoms with Crippen LogP contribution in [0.5, 0.6) is 0 Å². The molecule has 0 radical (unpaired) electrons. The molecular formula is C22H21N3O3. The van der Waals surface area contributed by atoms with Crippen molar-refractivity contribution >= 4 is 23.3 Å². The second-order valence-corrected chi connectivity index (χ2v) is 6.27. The molecule has 0 spiro atoms. The van der Waals surface area contributed by atoms with Gasteiger partial charge in [0.1, 0.15) is 5.69 Å². The molecule has 6 heteroatoms. The first-order chi connectivity index (χ1) is 13.6. The number of pyridine rings is 1. The maximum Gasteiger partial charge on any atom is 0.339 e. The van der Waals surface area contributed by atoms with Crippen LogP contribution in [0.3, 0.4) is 0 Å². The van der Waals surface area contributed by atoms with E-state index in [-0.39, 0.29) is 5.91 Å². The lowest BCUT2D eigenvalue weighted by Crippen LogP contribution is -2.23. The van der Waals surface area contributed by atoms with Gasteiger partial charge in [0.15, 0.2) is 0 Å². The first-order valence-corrected chi connectivity index (χ1v) is 8.81. The van der Waals surface area contributed by atoms with Crippen LogP contribution >= 0.6 is 0 Å². The fraction of sp³-hybridized carbons (Fsp3) is 0.136. The maximum absolute atomic E-state index is 12.3.